The number of benzene rings is 2. The molecule has 0 saturated heterocycles. The average Bonchev–Trinajstić information content (AvgIpc) is 2.75. The monoisotopic (exact) mass is 390 g/mol. The molecule has 28 heavy (non-hydrogen) atoms. The standard InChI is InChI=1S/C20H22O8/c21-11-15(23)17(27-19(25)13-7-3-1-4-8-13)18(16(24)12-22)28-20(26)14-9-5-2-6-10-14/h1-10,15-18,21-24H,11-12H2. The minimum absolute atomic E-state index is 0.157. The van der Waals surface area contributed by atoms with E-state index in [1.54, 1.807) is 36.4 Å². The summed E-state index contributed by atoms with van der Waals surface area (Å²) in [6.07, 6.45) is -6.56. The van der Waals surface area contributed by atoms with E-state index >= 15 is 0 Å². The van der Waals surface area contributed by atoms with E-state index in [0.717, 1.165) is 0 Å². The number of ether oxygens (including phenoxy) is 2. The Balaban J connectivity index is 2.26. The number of hydrogen-bond acceptors (Lipinski definition) is 8. The highest BCUT2D eigenvalue weighted by atomic mass is 16.6. The number of hydrogen-bond donors (Lipinski definition) is 4. The smallest absolute Gasteiger partial charge is 0.338 e. The molecule has 0 bridgehead atoms. The molecule has 0 heterocycles. The van der Waals surface area contributed by atoms with Gasteiger partial charge in [0.25, 0.3) is 0 Å². The van der Waals surface area contributed by atoms with Crippen LogP contribution in [-0.4, -0.2) is 70.0 Å². The highest BCUT2D eigenvalue weighted by Gasteiger charge is 2.39. The van der Waals surface area contributed by atoms with Gasteiger partial charge in [0.1, 0.15) is 12.2 Å². The van der Waals surface area contributed by atoms with Crippen molar-refractivity contribution >= 4 is 11.9 Å². The molecule has 0 spiro atoms. The summed E-state index contributed by atoms with van der Waals surface area (Å²) in [6.45, 7) is -1.66. The third kappa shape index (κ3) is 5.61. The Morgan fingerprint density at radius 2 is 1.00 bits per heavy atom. The van der Waals surface area contributed by atoms with E-state index in [1.165, 1.54) is 24.3 Å². The number of rotatable bonds is 9. The molecule has 4 N–H and O–H groups in total. The van der Waals surface area contributed by atoms with Crippen molar-refractivity contribution in [3.8, 4) is 0 Å². The van der Waals surface area contributed by atoms with Gasteiger partial charge < -0.3 is 29.9 Å². The van der Waals surface area contributed by atoms with Crippen molar-refractivity contribution in [2.75, 3.05) is 13.2 Å². The fraction of sp³-hybridized carbons (Fsp3) is 0.300. The molecule has 0 fully saturated rings. The van der Waals surface area contributed by atoms with E-state index < -0.39 is 49.6 Å². The predicted octanol–water partition coefficient (Wildman–Crippen LogP) is 0.144. The van der Waals surface area contributed by atoms with Gasteiger partial charge >= 0.3 is 11.9 Å². The summed E-state index contributed by atoms with van der Waals surface area (Å²) < 4.78 is 10.4. The van der Waals surface area contributed by atoms with Gasteiger partial charge in [0.15, 0.2) is 12.2 Å². The van der Waals surface area contributed by atoms with E-state index in [1.807, 2.05) is 0 Å². The van der Waals surface area contributed by atoms with Crippen LogP contribution in [0.2, 0.25) is 0 Å². The molecule has 0 radical (unpaired) electrons. The normalized spacial score (nSPS) is 15.1. The second-order valence-electron chi connectivity index (χ2n) is 5.97. The lowest BCUT2D eigenvalue weighted by Gasteiger charge is -2.32. The first-order chi connectivity index (χ1) is 13.5. The lowest BCUT2D eigenvalue weighted by Crippen LogP contribution is -2.51. The summed E-state index contributed by atoms with van der Waals surface area (Å²) in [7, 11) is 0. The first-order valence-corrected chi connectivity index (χ1v) is 8.57. The van der Waals surface area contributed by atoms with Crippen LogP contribution in [0.1, 0.15) is 20.7 Å². The van der Waals surface area contributed by atoms with Gasteiger partial charge in [-0.25, -0.2) is 9.59 Å². The molecular formula is C20H22O8. The molecule has 0 saturated carbocycles. The first kappa shape index (κ1) is 21.5. The third-order valence-electron chi connectivity index (χ3n) is 3.96. The van der Waals surface area contributed by atoms with Crippen molar-refractivity contribution < 1.29 is 39.5 Å². The zero-order valence-corrected chi connectivity index (χ0v) is 14.9. The number of aliphatic hydroxyl groups excluding tert-OH is 4. The maximum atomic E-state index is 12.3. The molecule has 150 valence electrons. The maximum Gasteiger partial charge on any atom is 0.338 e. The van der Waals surface area contributed by atoms with E-state index in [0.29, 0.717) is 0 Å². The molecule has 8 nitrogen and oxygen atoms in total. The van der Waals surface area contributed by atoms with Crippen LogP contribution >= 0.6 is 0 Å². The SMILES string of the molecule is O=C(OC(C(O)CO)C(OC(=O)c1ccccc1)C(O)CO)c1ccccc1. The first-order valence-electron chi connectivity index (χ1n) is 8.57. The molecule has 2 rings (SSSR count). The van der Waals surface area contributed by atoms with Crippen LogP contribution in [0.5, 0.6) is 0 Å². The summed E-state index contributed by atoms with van der Waals surface area (Å²) in [5.74, 6) is -1.71. The van der Waals surface area contributed by atoms with Crippen molar-refractivity contribution in [2.24, 2.45) is 0 Å². The van der Waals surface area contributed by atoms with Crippen molar-refractivity contribution in [1.29, 1.82) is 0 Å². The molecule has 4 atom stereocenters. The highest BCUT2D eigenvalue weighted by Crippen LogP contribution is 2.18. The molecule has 0 amide bonds. The van der Waals surface area contributed by atoms with E-state index in [9.17, 15) is 30.0 Å². The summed E-state index contributed by atoms with van der Waals surface area (Å²) in [5, 5.41) is 38.8. The van der Waals surface area contributed by atoms with Crippen LogP contribution in [0.4, 0.5) is 0 Å². The molecule has 0 aliphatic heterocycles. The Morgan fingerprint density at radius 1 is 0.679 bits per heavy atom. The van der Waals surface area contributed by atoms with E-state index in [2.05, 4.69) is 0 Å². The van der Waals surface area contributed by atoms with Crippen molar-refractivity contribution in [3.05, 3.63) is 71.8 Å². The number of carbonyl (C=O) groups excluding carboxylic acids is 2. The Kier molecular flexibility index (Phi) is 8.09. The third-order valence-corrected chi connectivity index (χ3v) is 3.96. The second kappa shape index (κ2) is 10.5. The lowest BCUT2D eigenvalue weighted by molar-refractivity contribution is -0.132. The molecule has 0 aromatic heterocycles. The zero-order valence-electron chi connectivity index (χ0n) is 14.9. The largest absolute Gasteiger partial charge is 0.452 e. The molecule has 8 heteroatoms. The van der Waals surface area contributed by atoms with Crippen LogP contribution in [-0.2, 0) is 9.47 Å². The van der Waals surface area contributed by atoms with Gasteiger partial charge in [-0.1, -0.05) is 36.4 Å². The molecule has 0 aliphatic rings. The maximum absolute atomic E-state index is 12.3. The van der Waals surface area contributed by atoms with Crippen LogP contribution in [0, 0.1) is 0 Å². The van der Waals surface area contributed by atoms with E-state index in [-0.39, 0.29) is 11.1 Å². The number of esters is 2. The fourth-order valence-corrected chi connectivity index (χ4v) is 2.47. The summed E-state index contributed by atoms with van der Waals surface area (Å²) in [5.41, 5.74) is 0.313. The summed E-state index contributed by atoms with van der Waals surface area (Å²) >= 11 is 0. The van der Waals surface area contributed by atoms with Gasteiger partial charge in [0.05, 0.1) is 24.3 Å². The van der Waals surface area contributed by atoms with Crippen molar-refractivity contribution in [2.45, 2.75) is 24.4 Å². The molecular weight excluding hydrogens is 368 g/mol. The highest BCUT2D eigenvalue weighted by molar-refractivity contribution is 5.90. The van der Waals surface area contributed by atoms with E-state index in [4.69, 9.17) is 9.47 Å². The van der Waals surface area contributed by atoms with Gasteiger partial charge in [-0.05, 0) is 24.3 Å². The zero-order chi connectivity index (χ0) is 20.5. The number of carbonyl (C=O) groups is 2. The number of aliphatic hydroxyl groups is 4. The molecule has 2 aromatic carbocycles. The summed E-state index contributed by atoms with van der Waals surface area (Å²) in [6, 6.07) is 15.7. The molecule has 0 aliphatic carbocycles. The van der Waals surface area contributed by atoms with Crippen molar-refractivity contribution in [3.63, 3.8) is 0 Å². The van der Waals surface area contributed by atoms with Gasteiger partial charge in [-0.2, -0.15) is 0 Å². The van der Waals surface area contributed by atoms with Crippen LogP contribution < -0.4 is 0 Å². The quantitative estimate of drug-likeness (QED) is 0.445. The molecule has 2 aromatic rings. The fourth-order valence-electron chi connectivity index (χ4n) is 2.47. The summed E-state index contributed by atoms with van der Waals surface area (Å²) in [4.78, 5) is 24.7. The Labute approximate surface area is 161 Å². The topological polar surface area (TPSA) is 134 Å². The van der Waals surface area contributed by atoms with Gasteiger partial charge in [-0.3, -0.25) is 0 Å². The van der Waals surface area contributed by atoms with Gasteiger partial charge in [0.2, 0.25) is 0 Å². The Morgan fingerprint density at radius 3 is 1.29 bits per heavy atom. The van der Waals surface area contributed by atoms with Crippen LogP contribution in [0.3, 0.4) is 0 Å². The van der Waals surface area contributed by atoms with Gasteiger partial charge in [0, 0.05) is 0 Å². The second-order valence-corrected chi connectivity index (χ2v) is 5.97. The minimum atomic E-state index is -1.66. The minimum Gasteiger partial charge on any atom is -0.452 e. The van der Waals surface area contributed by atoms with Crippen LogP contribution in [0.25, 0.3) is 0 Å². The lowest BCUT2D eigenvalue weighted by atomic mass is 10.0. The molecule has 4 unspecified atom stereocenters. The van der Waals surface area contributed by atoms with Gasteiger partial charge in [-0.15, -0.1) is 0 Å². The van der Waals surface area contributed by atoms with Crippen LogP contribution in [0.15, 0.2) is 60.7 Å². The predicted molar refractivity (Wildman–Crippen MR) is 97.5 cm³/mol. The van der Waals surface area contributed by atoms with Crippen molar-refractivity contribution in [1.82, 2.24) is 0 Å². The Bertz CT molecular complexity index is 684. The Hall–Kier alpha value is -2.78. The average molecular weight is 390 g/mol.